The number of thioether (sulfide) groups is 1. The molecule has 0 aromatic carbocycles. The van der Waals surface area contributed by atoms with E-state index in [2.05, 4.69) is 9.97 Å². The average molecular weight is 248 g/mol. The van der Waals surface area contributed by atoms with Gasteiger partial charge in [0, 0.05) is 24.2 Å². The van der Waals surface area contributed by atoms with Crippen LogP contribution in [0.1, 0.15) is 5.56 Å². The van der Waals surface area contributed by atoms with Crippen molar-refractivity contribution in [2.24, 2.45) is 0 Å². The molecular weight excluding hydrogens is 246 g/mol. The Morgan fingerprint density at radius 1 is 0.933 bits per heavy atom. The van der Waals surface area contributed by atoms with Gasteiger partial charge in [-0.25, -0.2) is 9.97 Å². The molecular formula is C6H2F6N2S. The van der Waals surface area contributed by atoms with Crippen molar-refractivity contribution in [2.75, 3.05) is 0 Å². The molecule has 0 bridgehead atoms. The van der Waals surface area contributed by atoms with Crippen LogP contribution in [-0.4, -0.2) is 15.5 Å². The molecule has 1 heterocycles. The molecule has 0 spiro atoms. The second-order valence-electron chi connectivity index (χ2n) is 2.30. The molecule has 84 valence electrons. The summed E-state index contributed by atoms with van der Waals surface area (Å²) < 4.78 is 71.1. The molecule has 0 aliphatic rings. The summed E-state index contributed by atoms with van der Waals surface area (Å²) in [6.07, 6.45) is -4.04. The van der Waals surface area contributed by atoms with Crippen LogP contribution in [0, 0.1) is 0 Å². The lowest BCUT2D eigenvalue weighted by Crippen LogP contribution is -2.08. The highest BCUT2D eigenvalue weighted by Crippen LogP contribution is 2.35. The van der Waals surface area contributed by atoms with Crippen LogP contribution in [0.4, 0.5) is 26.3 Å². The van der Waals surface area contributed by atoms with Crippen LogP contribution in [0.2, 0.25) is 0 Å². The lowest BCUT2D eigenvalue weighted by Gasteiger charge is -2.06. The summed E-state index contributed by atoms with van der Waals surface area (Å²) in [5.41, 5.74) is -5.80. The van der Waals surface area contributed by atoms with Crippen molar-refractivity contribution in [1.82, 2.24) is 9.97 Å². The van der Waals surface area contributed by atoms with Crippen molar-refractivity contribution in [2.45, 2.75) is 16.8 Å². The Balaban J connectivity index is 2.82. The maximum absolute atomic E-state index is 11.9. The van der Waals surface area contributed by atoms with Crippen molar-refractivity contribution >= 4 is 11.8 Å². The van der Waals surface area contributed by atoms with Gasteiger partial charge >= 0.3 is 11.7 Å². The quantitative estimate of drug-likeness (QED) is 0.434. The highest BCUT2D eigenvalue weighted by Gasteiger charge is 2.33. The fourth-order valence-corrected chi connectivity index (χ4v) is 1.04. The normalized spacial score (nSPS) is 12.9. The molecule has 0 saturated carbocycles. The van der Waals surface area contributed by atoms with Gasteiger partial charge in [-0.2, -0.15) is 26.3 Å². The number of hydrogen-bond acceptors (Lipinski definition) is 3. The lowest BCUT2D eigenvalue weighted by atomic mass is 10.3. The van der Waals surface area contributed by atoms with Crippen LogP contribution in [-0.2, 0) is 6.18 Å². The summed E-state index contributed by atoms with van der Waals surface area (Å²) in [4.78, 5) is 5.88. The van der Waals surface area contributed by atoms with Gasteiger partial charge in [-0.05, 0) is 0 Å². The summed E-state index contributed by atoms with van der Waals surface area (Å²) in [5, 5.41) is -0.768. The number of aromatic nitrogens is 2. The predicted octanol–water partition coefficient (Wildman–Crippen LogP) is 3.11. The molecule has 0 fully saturated rings. The second-order valence-corrected chi connectivity index (χ2v) is 3.33. The van der Waals surface area contributed by atoms with E-state index in [1.165, 1.54) is 0 Å². The standard InChI is InChI=1S/C6H2F6N2S/c7-5(8,9)3-1-13-4(14-2-3)15-6(10,11)12/h1-2H. The predicted molar refractivity (Wildman–Crippen MR) is 38.9 cm³/mol. The SMILES string of the molecule is FC(F)(F)Sc1ncc(C(F)(F)F)cn1. The number of alkyl halides is 6. The Kier molecular flexibility index (Phi) is 3.12. The highest BCUT2D eigenvalue weighted by atomic mass is 32.2. The number of nitrogens with zero attached hydrogens (tertiary/aromatic N) is 2. The second kappa shape index (κ2) is 3.87. The fraction of sp³-hybridized carbons (Fsp3) is 0.333. The fourth-order valence-electron chi connectivity index (χ4n) is 0.619. The lowest BCUT2D eigenvalue weighted by molar-refractivity contribution is -0.138. The van der Waals surface area contributed by atoms with Gasteiger partial charge in [0.05, 0.1) is 5.56 Å². The number of rotatable bonds is 1. The van der Waals surface area contributed by atoms with Gasteiger partial charge < -0.3 is 0 Å². The van der Waals surface area contributed by atoms with E-state index < -0.39 is 34.2 Å². The van der Waals surface area contributed by atoms with E-state index in [1.807, 2.05) is 0 Å². The maximum Gasteiger partial charge on any atom is 0.449 e. The minimum atomic E-state index is -4.65. The van der Waals surface area contributed by atoms with Gasteiger partial charge in [0.2, 0.25) is 0 Å². The first-order valence-corrected chi connectivity index (χ1v) is 4.15. The van der Waals surface area contributed by atoms with Crippen LogP contribution >= 0.6 is 11.8 Å². The molecule has 1 aromatic rings. The third-order valence-electron chi connectivity index (χ3n) is 1.16. The maximum atomic E-state index is 11.9. The zero-order valence-corrected chi connectivity index (χ0v) is 7.54. The Labute approximate surface area is 83.7 Å². The highest BCUT2D eigenvalue weighted by molar-refractivity contribution is 8.00. The molecule has 0 aliphatic heterocycles. The largest absolute Gasteiger partial charge is 0.449 e. The monoisotopic (exact) mass is 248 g/mol. The molecule has 0 aliphatic carbocycles. The molecule has 0 atom stereocenters. The van der Waals surface area contributed by atoms with Gasteiger partial charge in [-0.3, -0.25) is 0 Å². The van der Waals surface area contributed by atoms with E-state index in [4.69, 9.17) is 0 Å². The Bertz CT molecular complexity index is 329. The molecule has 0 N–H and O–H groups in total. The summed E-state index contributed by atoms with van der Waals surface area (Å²) in [6, 6.07) is 0. The van der Waals surface area contributed by atoms with E-state index >= 15 is 0 Å². The molecule has 1 rings (SSSR count). The Hall–Kier alpha value is -0.990. The zero-order valence-electron chi connectivity index (χ0n) is 6.73. The van der Waals surface area contributed by atoms with Crippen LogP contribution < -0.4 is 0 Å². The third-order valence-corrected chi connectivity index (χ3v) is 1.79. The van der Waals surface area contributed by atoms with E-state index in [-0.39, 0.29) is 0 Å². The van der Waals surface area contributed by atoms with Crippen LogP contribution in [0.5, 0.6) is 0 Å². The van der Waals surface area contributed by atoms with Gasteiger partial charge in [-0.1, -0.05) is 0 Å². The topological polar surface area (TPSA) is 25.8 Å². The molecule has 2 nitrogen and oxygen atoms in total. The first-order valence-electron chi connectivity index (χ1n) is 3.33. The van der Waals surface area contributed by atoms with Gasteiger partial charge in [0.25, 0.3) is 0 Å². The van der Waals surface area contributed by atoms with Crippen molar-refractivity contribution < 1.29 is 26.3 Å². The van der Waals surface area contributed by atoms with Crippen molar-refractivity contribution in [1.29, 1.82) is 0 Å². The first-order chi connectivity index (χ1) is 6.68. The third kappa shape index (κ3) is 3.94. The first kappa shape index (κ1) is 12.1. The molecule has 1 aromatic heterocycles. The molecule has 0 radical (unpaired) electrons. The Morgan fingerprint density at radius 3 is 1.73 bits per heavy atom. The van der Waals surface area contributed by atoms with Crippen molar-refractivity contribution in [3.05, 3.63) is 18.0 Å². The molecule has 9 heteroatoms. The average Bonchev–Trinajstić information content (AvgIpc) is 2.00. The van der Waals surface area contributed by atoms with Crippen LogP contribution in [0.25, 0.3) is 0 Å². The minimum absolute atomic E-state index is 0.307. The van der Waals surface area contributed by atoms with Crippen molar-refractivity contribution in [3.8, 4) is 0 Å². The minimum Gasteiger partial charge on any atom is -0.230 e. The molecule has 0 unspecified atom stereocenters. The van der Waals surface area contributed by atoms with E-state index in [0.29, 0.717) is 12.4 Å². The van der Waals surface area contributed by atoms with Crippen LogP contribution in [0.15, 0.2) is 17.6 Å². The van der Waals surface area contributed by atoms with E-state index in [1.54, 1.807) is 0 Å². The van der Waals surface area contributed by atoms with Gasteiger partial charge in [-0.15, -0.1) is 0 Å². The molecule has 0 saturated heterocycles. The van der Waals surface area contributed by atoms with E-state index in [9.17, 15) is 26.3 Å². The van der Waals surface area contributed by atoms with Gasteiger partial charge in [0.1, 0.15) is 0 Å². The summed E-state index contributed by atoms with van der Waals surface area (Å²) in [5.74, 6) is 0. The Morgan fingerprint density at radius 2 is 1.40 bits per heavy atom. The number of hydrogen-bond donors (Lipinski definition) is 0. The van der Waals surface area contributed by atoms with Crippen LogP contribution in [0.3, 0.4) is 0 Å². The summed E-state index contributed by atoms with van der Waals surface area (Å²) in [6.45, 7) is 0. The van der Waals surface area contributed by atoms with Crippen molar-refractivity contribution in [3.63, 3.8) is 0 Å². The zero-order chi connectivity index (χ0) is 11.7. The molecule has 15 heavy (non-hydrogen) atoms. The molecule has 0 amide bonds. The summed E-state index contributed by atoms with van der Waals surface area (Å²) >= 11 is -0.669. The smallest absolute Gasteiger partial charge is 0.230 e. The van der Waals surface area contributed by atoms with Gasteiger partial charge in [0.15, 0.2) is 5.16 Å². The number of halogens is 6. The summed E-state index contributed by atoms with van der Waals surface area (Å²) in [7, 11) is 0. The van der Waals surface area contributed by atoms with E-state index in [0.717, 1.165) is 0 Å².